The molecule has 0 radical (unpaired) electrons. The number of amides is 1. The highest BCUT2D eigenvalue weighted by Crippen LogP contribution is 2.43. The molecule has 0 atom stereocenters. The number of anilines is 2. The fourth-order valence-corrected chi connectivity index (χ4v) is 4.87. The van der Waals surface area contributed by atoms with E-state index in [4.69, 9.17) is 9.84 Å². The standard InChI is InChI=1S/C23H23N3O4S/c1-2-3-21(29)26-11-13-30-20-5-4-16(14-18(20)26)17-15-31-23(19(28)6-12-27)22(17)25-9-7-24-8-10-25/h4-6,12,14-15,24,27H,7-11,13H2,1H3/b12-6-. The molecule has 0 spiro atoms. The van der Waals surface area contributed by atoms with Crippen LogP contribution in [-0.2, 0) is 4.79 Å². The minimum atomic E-state index is -0.263. The van der Waals surface area contributed by atoms with Gasteiger partial charge in [0.05, 0.1) is 29.1 Å². The van der Waals surface area contributed by atoms with Crippen molar-refractivity contribution in [1.82, 2.24) is 5.32 Å². The van der Waals surface area contributed by atoms with Gasteiger partial charge in [-0.1, -0.05) is 12.0 Å². The molecule has 0 bridgehead atoms. The van der Waals surface area contributed by atoms with Crippen molar-refractivity contribution in [1.29, 1.82) is 0 Å². The predicted octanol–water partition coefficient (Wildman–Crippen LogP) is 2.83. The molecule has 160 valence electrons. The van der Waals surface area contributed by atoms with Gasteiger partial charge in [-0.3, -0.25) is 14.5 Å². The number of benzene rings is 1. The van der Waals surface area contributed by atoms with E-state index < -0.39 is 0 Å². The summed E-state index contributed by atoms with van der Waals surface area (Å²) in [5.41, 5.74) is 3.35. The van der Waals surface area contributed by atoms with Gasteiger partial charge in [-0.05, 0) is 30.5 Å². The molecule has 0 saturated carbocycles. The van der Waals surface area contributed by atoms with Crippen LogP contribution in [0.1, 0.15) is 16.6 Å². The Morgan fingerprint density at radius 1 is 1.26 bits per heavy atom. The van der Waals surface area contributed by atoms with Gasteiger partial charge in [0.15, 0.2) is 0 Å². The number of nitrogens with zero attached hydrogens (tertiary/aromatic N) is 2. The van der Waals surface area contributed by atoms with Gasteiger partial charge in [-0.2, -0.15) is 0 Å². The minimum Gasteiger partial charge on any atom is -0.515 e. The maximum absolute atomic E-state index is 12.6. The second-order valence-electron chi connectivity index (χ2n) is 7.11. The first-order chi connectivity index (χ1) is 15.1. The average molecular weight is 438 g/mol. The summed E-state index contributed by atoms with van der Waals surface area (Å²) in [5, 5.41) is 14.4. The lowest BCUT2D eigenvalue weighted by Gasteiger charge is -2.31. The number of hydrogen-bond acceptors (Lipinski definition) is 7. The molecule has 1 amide bonds. The Morgan fingerprint density at radius 2 is 2.06 bits per heavy atom. The summed E-state index contributed by atoms with van der Waals surface area (Å²) in [5.74, 6) is 5.41. The van der Waals surface area contributed by atoms with Crippen LogP contribution in [0.15, 0.2) is 35.9 Å². The SMILES string of the molecule is CC#CC(=O)N1CCOc2ccc(-c3csc(C(=O)/C=C\O)c3N3CCNCC3)cc21. The van der Waals surface area contributed by atoms with Crippen LogP contribution in [0.4, 0.5) is 11.4 Å². The second kappa shape index (κ2) is 9.25. The lowest BCUT2D eigenvalue weighted by Crippen LogP contribution is -2.44. The van der Waals surface area contributed by atoms with Crippen molar-refractivity contribution in [3.8, 4) is 28.7 Å². The third kappa shape index (κ3) is 4.15. The average Bonchev–Trinajstić information content (AvgIpc) is 3.24. The zero-order valence-corrected chi connectivity index (χ0v) is 18.0. The predicted molar refractivity (Wildman–Crippen MR) is 122 cm³/mol. The summed E-state index contributed by atoms with van der Waals surface area (Å²) >= 11 is 1.36. The van der Waals surface area contributed by atoms with Crippen LogP contribution < -0.4 is 19.9 Å². The van der Waals surface area contributed by atoms with Crippen LogP contribution in [-0.4, -0.2) is 56.1 Å². The number of carbonyl (C=O) groups excluding carboxylic acids is 2. The smallest absolute Gasteiger partial charge is 0.303 e. The number of allylic oxidation sites excluding steroid dienone is 1. The van der Waals surface area contributed by atoms with Gasteiger partial charge in [-0.25, -0.2) is 0 Å². The number of aliphatic hydroxyl groups excluding tert-OH is 1. The van der Waals surface area contributed by atoms with Gasteiger partial charge >= 0.3 is 5.91 Å². The van der Waals surface area contributed by atoms with Gasteiger partial charge in [0.25, 0.3) is 0 Å². The van der Waals surface area contributed by atoms with Crippen LogP contribution in [0.2, 0.25) is 0 Å². The Kier molecular flexibility index (Phi) is 6.26. The summed E-state index contributed by atoms with van der Waals surface area (Å²) in [6.07, 6.45) is 1.95. The molecule has 1 aromatic carbocycles. The zero-order valence-electron chi connectivity index (χ0n) is 17.2. The van der Waals surface area contributed by atoms with E-state index in [2.05, 4.69) is 22.1 Å². The molecule has 2 aliphatic heterocycles. The molecule has 2 aromatic rings. The summed E-state index contributed by atoms with van der Waals surface area (Å²) in [6, 6.07) is 5.73. The number of rotatable bonds is 4. The maximum atomic E-state index is 12.6. The normalized spacial score (nSPS) is 15.8. The number of thiophene rings is 1. The molecule has 0 aliphatic carbocycles. The zero-order chi connectivity index (χ0) is 21.8. The first kappa shape index (κ1) is 21.0. The molecule has 4 rings (SSSR count). The monoisotopic (exact) mass is 437 g/mol. The Balaban J connectivity index is 1.81. The number of hydrogen-bond donors (Lipinski definition) is 2. The molecular weight excluding hydrogens is 414 g/mol. The number of piperazine rings is 1. The van der Waals surface area contributed by atoms with E-state index in [-0.39, 0.29) is 11.7 Å². The number of ketones is 1. The molecule has 31 heavy (non-hydrogen) atoms. The van der Waals surface area contributed by atoms with Gasteiger partial charge in [0.2, 0.25) is 5.78 Å². The van der Waals surface area contributed by atoms with E-state index in [1.54, 1.807) is 11.8 Å². The van der Waals surface area contributed by atoms with Crippen molar-refractivity contribution in [2.75, 3.05) is 49.1 Å². The number of ether oxygens (including phenoxy) is 1. The largest absolute Gasteiger partial charge is 0.515 e. The van der Waals surface area contributed by atoms with Gasteiger partial charge in [-0.15, -0.1) is 11.3 Å². The molecule has 8 heteroatoms. The maximum Gasteiger partial charge on any atom is 0.303 e. The quantitative estimate of drug-likeness (QED) is 0.331. The van der Waals surface area contributed by atoms with Gasteiger partial charge in [0.1, 0.15) is 12.4 Å². The van der Waals surface area contributed by atoms with Crippen molar-refractivity contribution in [3.63, 3.8) is 0 Å². The molecule has 2 aliphatic rings. The molecule has 0 unspecified atom stereocenters. The lowest BCUT2D eigenvalue weighted by atomic mass is 10.0. The summed E-state index contributed by atoms with van der Waals surface area (Å²) in [4.78, 5) is 29.5. The minimum absolute atomic E-state index is 0.233. The summed E-state index contributed by atoms with van der Waals surface area (Å²) in [7, 11) is 0. The van der Waals surface area contributed by atoms with Gasteiger partial charge < -0.3 is 20.1 Å². The molecule has 1 aromatic heterocycles. The molecule has 3 heterocycles. The summed E-state index contributed by atoms with van der Waals surface area (Å²) in [6.45, 7) is 5.70. The third-order valence-corrected chi connectivity index (χ3v) is 6.24. The van der Waals surface area contributed by atoms with Crippen molar-refractivity contribution in [2.45, 2.75) is 6.92 Å². The fourth-order valence-electron chi connectivity index (χ4n) is 3.85. The Hall–Kier alpha value is -3.28. The first-order valence-corrected chi connectivity index (χ1v) is 11.0. The van der Waals surface area contributed by atoms with E-state index in [9.17, 15) is 9.59 Å². The van der Waals surface area contributed by atoms with Crippen molar-refractivity contribution >= 4 is 34.4 Å². The molecule has 2 N–H and O–H groups in total. The van der Waals surface area contributed by atoms with Gasteiger partial charge in [0, 0.05) is 43.2 Å². The Morgan fingerprint density at radius 3 is 2.81 bits per heavy atom. The number of aliphatic hydroxyl groups is 1. The summed E-state index contributed by atoms with van der Waals surface area (Å²) < 4.78 is 5.75. The van der Waals surface area contributed by atoms with Crippen LogP contribution in [0, 0.1) is 11.8 Å². The number of carbonyl (C=O) groups is 2. The topological polar surface area (TPSA) is 82.1 Å². The molecule has 1 saturated heterocycles. The van der Waals surface area contributed by atoms with Crippen LogP contribution >= 0.6 is 11.3 Å². The van der Waals surface area contributed by atoms with E-state index in [1.807, 2.05) is 23.6 Å². The number of fused-ring (bicyclic) bond motifs is 1. The molecular formula is C23H23N3O4S. The lowest BCUT2D eigenvalue weighted by molar-refractivity contribution is -0.113. The van der Waals surface area contributed by atoms with Crippen LogP contribution in [0.5, 0.6) is 5.75 Å². The third-order valence-electron chi connectivity index (χ3n) is 5.26. The Labute approximate surface area is 184 Å². The molecule has 1 fully saturated rings. The first-order valence-electron chi connectivity index (χ1n) is 10.1. The second-order valence-corrected chi connectivity index (χ2v) is 7.99. The highest BCUT2D eigenvalue weighted by Gasteiger charge is 2.27. The highest BCUT2D eigenvalue weighted by molar-refractivity contribution is 7.13. The van der Waals surface area contributed by atoms with Crippen molar-refractivity contribution < 1.29 is 19.4 Å². The van der Waals surface area contributed by atoms with E-state index in [0.29, 0.717) is 29.5 Å². The van der Waals surface area contributed by atoms with E-state index in [1.165, 1.54) is 17.4 Å². The Bertz CT molecular complexity index is 1090. The van der Waals surface area contributed by atoms with Crippen LogP contribution in [0.25, 0.3) is 11.1 Å². The molecule has 7 nitrogen and oxygen atoms in total. The van der Waals surface area contributed by atoms with Crippen molar-refractivity contribution in [2.24, 2.45) is 0 Å². The van der Waals surface area contributed by atoms with E-state index in [0.717, 1.165) is 49.3 Å². The number of nitrogens with one attached hydrogen (secondary N) is 1. The fraction of sp³-hybridized carbons (Fsp3) is 0.304. The highest BCUT2D eigenvalue weighted by atomic mass is 32.1. The van der Waals surface area contributed by atoms with Crippen LogP contribution in [0.3, 0.4) is 0 Å². The van der Waals surface area contributed by atoms with E-state index >= 15 is 0 Å². The van der Waals surface area contributed by atoms with Crippen molar-refractivity contribution in [3.05, 3.63) is 40.8 Å².